The molecular weight excluding hydrogens is 348 g/mol. The normalized spacial score (nSPS) is 19.6. The summed E-state index contributed by atoms with van der Waals surface area (Å²) in [6.07, 6.45) is 6.52. The average molecular weight is 374 g/mol. The fourth-order valence-electron chi connectivity index (χ4n) is 4.26. The van der Waals surface area contributed by atoms with Gasteiger partial charge in [-0.05, 0) is 48.1 Å². The van der Waals surface area contributed by atoms with Gasteiger partial charge in [0.05, 0.1) is 23.7 Å². The van der Waals surface area contributed by atoms with E-state index in [1.165, 1.54) is 21.9 Å². The summed E-state index contributed by atoms with van der Waals surface area (Å²) in [6, 6.07) is 13.3. The zero-order valence-corrected chi connectivity index (χ0v) is 16.7. The quantitative estimate of drug-likeness (QED) is 0.512. The van der Waals surface area contributed by atoms with Gasteiger partial charge in [-0.2, -0.15) is 10.2 Å². The molecule has 1 aliphatic heterocycles. The minimum Gasteiger partial charge on any atom is -0.374 e. The van der Waals surface area contributed by atoms with Gasteiger partial charge in [0.2, 0.25) is 0 Å². The SMILES string of the molecule is CC(C)c1cccc2nn(C3COC3CCc3ccc4nn(C)cc4c3)cc12. The van der Waals surface area contributed by atoms with E-state index in [-0.39, 0.29) is 6.10 Å². The maximum Gasteiger partial charge on any atom is 0.101 e. The summed E-state index contributed by atoms with van der Waals surface area (Å²) in [5.41, 5.74) is 4.83. The molecule has 0 N–H and O–H groups in total. The molecule has 1 fully saturated rings. The van der Waals surface area contributed by atoms with Crippen molar-refractivity contribution in [3.8, 4) is 0 Å². The van der Waals surface area contributed by atoms with E-state index in [0.29, 0.717) is 12.0 Å². The van der Waals surface area contributed by atoms with Crippen LogP contribution in [0.4, 0.5) is 0 Å². The number of aryl methyl sites for hydroxylation is 2. The highest BCUT2D eigenvalue weighted by Gasteiger charge is 2.34. The van der Waals surface area contributed by atoms with Crippen LogP contribution in [0.2, 0.25) is 0 Å². The van der Waals surface area contributed by atoms with Gasteiger partial charge in [0.25, 0.3) is 0 Å². The van der Waals surface area contributed by atoms with Crippen LogP contribution >= 0.6 is 0 Å². The Kier molecular flexibility index (Phi) is 4.20. The first-order chi connectivity index (χ1) is 13.6. The smallest absolute Gasteiger partial charge is 0.101 e. The van der Waals surface area contributed by atoms with E-state index in [9.17, 15) is 0 Å². The molecule has 0 radical (unpaired) electrons. The highest BCUT2D eigenvalue weighted by molar-refractivity contribution is 5.82. The van der Waals surface area contributed by atoms with Crippen LogP contribution in [0, 0.1) is 0 Å². The molecule has 0 spiro atoms. The van der Waals surface area contributed by atoms with Crippen molar-refractivity contribution in [1.29, 1.82) is 0 Å². The molecule has 1 aliphatic rings. The Bertz CT molecular complexity index is 1140. The third-order valence-electron chi connectivity index (χ3n) is 5.87. The largest absolute Gasteiger partial charge is 0.374 e. The van der Waals surface area contributed by atoms with Gasteiger partial charge in [-0.1, -0.05) is 32.0 Å². The van der Waals surface area contributed by atoms with Gasteiger partial charge >= 0.3 is 0 Å². The van der Waals surface area contributed by atoms with E-state index in [0.717, 1.165) is 30.5 Å². The highest BCUT2D eigenvalue weighted by atomic mass is 16.5. The predicted octanol–water partition coefficient (Wildman–Crippen LogP) is 4.62. The molecule has 4 aromatic rings. The Morgan fingerprint density at radius 3 is 2.79 bits per heavy atom. The van der Waals surface area contributed by atoms with Crippen LogP contribution in [-0.2, 0) is 18.2 Å². The fraction of sp³-hybridized carbons (Fsp3) is 0.391. The lowest BCUT2D eigenvalue weighted by Gasteiger charge is -2.37. The van der Waals surface area contributed by atoms with E-state index < -0.39 is 0 Å². The van der Waals surface area contributed by atoms with Crippen molar-refractivity contribution < 1.29 is 4.74 Å². The van der Waals surface area contributed by atoms with E-state index in [1.807, 2.05) is 11.7 Å². The van der Waals surface area contributed by atoms with Gasteiger partial charge in [-0.15, -0.1) is 0 Å². The average Bonchev–Trinajstić information content (AvgIpc) is 3.21. The van der Waals surface area contributed by atoms with Crippen molar-refractivity contribution in [3.05, 3.63) is 59.9 Å². The molecule has 0 bridgehead atoms. The second-order valence-corrected chi connectivity index (χ2v) is 8.22. The minimum absolute atomic E-state index is 0.224. The lowest BCUT2D eigenvalue weighted by Crippen LogP contribution is -2.42. The third-order valence-corrected chi connectivity index (χ3v) is 5.87. The second-order valence-electron chi connectivity index (χ2n) is 8.22. The third kappa shape index (κ3) is 3.00. The van der Waals surface area contributed by atoms with Gasteiger partial charge in [0.15, 0.2) is 0 Å². The van der Waals surface area contributed by atoms with Crippen molar-refractivity contribution in [2.45, 2.75) is 44.8 Å². The van der Waals surface area contributed by atoms with E-state index in [1.54, 1.807) is 0 Å². The van der Waals surface area contributed by atoms with Gasteiger partial charge in [0, 0.05) is 30.2 Å². The number of ether oxygens (including phenoxy) is 1. The maximum absolute atomic E-state index is 5.91. The Labute approximate surface area is 164 Å². The zero-order chi connectivity index (χ0) is 19.3. The van der Waals surface area contributed by atoms with E-state index in [4.69, 9.17) is 9.84 Å². The van der Waals surface area contributed by atoms with Crippen LogP contribution in [0.3, 0.4) is 0 Å². The standard InChI is InChI=1S/C23H26N4O/c1-15(2)18-5-4-6-21-19(18)13-27(25-21)22-14-28-23(22)10-8-16-7-9-20-17(11-16)12-26(3)24-20/h4-7,9,11-13,15,22-23H,8,10,14H2,1-3H3. The molecule has 28 heavy (non-hydrogen) atoms. The first-order valence-corrected chi connectivity index (χ1v) is 10.1. The number of benzene rings is 2. The van der Waals surface area contributed by atoms with Crippen molar-refractivity contribution in [3.63, 3.8) is 0 Å². The summed E-state index contributed by atoms with van der Waals surface area (Å²) in [5, 5.41) is 11.8. The summed E-state index contributed by atoms with van der Waals surface area (Å²) in [5.74, 6) is 0.497. The number of aromatic nitrogens is 4. The van der Waals surface area contributed by atoms with Gasteiger partial charge < -0.3 is 4.74 Å². The number of hydrogen-bond donors (Lipinski definition) is 0. The van der Waals surface area contributed by atoms with Crippen molar-refractivity contribution in [2.75, 3.05) is 6.61 Å². The molecule has 5 heteroatoms. The molecule has 2 unspecified atom stereocenters. The summed E-state index contributed by atoms with van der Waals surface area (Å²) >= 11 is 0. The zero-order valence-electron chi connectivity index (χ0n) is 16.7. The van der Waals surface area contributed by atoms with Crippen LogP contribution in [0.25, 0.3) is 21.8 Å². The first kappa shape index (κ1) is 17.4. The van der Waals surface area contributed by atoms with Crippen LogP contribution < -0.4 is 0 Å². The first-order valence-electron chi connectivity index (χ1n) is 10.1. The molecule has 3 heterocycles. The van der Waals surface area contributed by atoms with Crippen molar-refractivity contribution in [1.82, 2.24) is 19.6 Å². The monoisotopic (exact) mass is 374 g/mol. The highest BCUT2D eigenvalue weighted by Crippen LogP contribution is 2.32. The van der Waals surface area contributed by atoms with Crippen molar-refractivity contribution >= 4 is 21.8 Å². The molecular formula is C23H26N4O. The van der Waals surface area contributed by atoms with Gasteiger partial charge in [-0.25, -0.2) is 0 Å². The summed E-state index contributed by atoms with van der Waals surface area (Å²) in [7, 11) is 1.96. The number of fused-ring (bicyclic) bond motifs is 2. The molecule has 2 atom stereocenters. The predicted molar refractivity (Wildman–Crippen MR) is 112 cm³/mol. The second kappa shape index (κ2) is 6.74. The maximum atomic E-state index is 5.91. The fourth-order valence-corrected chi connectivity index (χ4v) is 4.26. The number of rotatable bonds is 5. The van der Waals surface area contributed by atoms with E-state index >= 15 is 0 Å². The molecule has 5 rings (SSSR count). The van der Waals surface area contributed by atoms with E-state index in [2.05, 4.69) is 72.4 Å². The topological polar surface area (TPSA) is 44.9 Å². The molecule has 1 saturated heterocycles. The molecule has 2 aromatic carbocycles. The lowest BCUT2D eigenvalue weighted by molar-refractivity contribution is -0.112. The summed E-state index contributed by atoms with van der Waals surface area (Å²) in [4.78, 5) is 0. The Morgan fingerprint density at radius 1 is 1.11 bits per heavy atom. The molecule has 2 aromatic heterocycles. The van der Waals surface area contributed by atoms with Crippen LogP contribution in [0.5, 0.6) is 0 Å². The van der Waals surface area contributed by atoms with Crippen molar-refractivity contribution in [2.24, 2.45) is 7.05 Å². The molecule has 144 valence electrons. The van der Waals surface area contributed by atoms with Crippen LogP contribution in [-0.4, -0.2) is 32.3 Å². The Balaban J connectivity index is 1.32. The Hall–Kier alpha value is -2.66. The van der Waals surface area contributed by atoms with Crippen LogP contribution in [0.15, 0.2) is 48.8 Å². The minimum atomic E-state index is 0.224. The number of nitrogens with zero attached hydrogens (tertiary/aromatic N) is 4. The summed E-state index contributed by atoms with van der Waals surface area (Å²) in [6.45, 7) is 5.22. The Morgan fingerprint density at radius 2 is 2.00 bits per heavy atom. The molecule has 5 nitrogen and oxygen atoms in total. The summed E-state index contributed by atoms with van der Waals surface area (Å²) < 4.78 is 9.91. The van der Waals surface area contributed by atoms with Crippen LogP contribution in [0.1, 0.15) is 43.4 Å². The van der Waals surface area contributed by atoms with Gasteiger partial charge in [-0.3, -0.25) is 9.36 Å². The molecule has 0 aliphatic carbocycles. The lowest BCUT2D eigenvalue weighted by atomic mass is 9.98. The molecule has 0 saturated carbocycles. The number of hydrogen-bond acceptors (Lipinski definition) is 3. The van der Waals surface area contributed by atoms with Gasteiger partial charge in [0.1, 0.15) is 6.04 Å². The molecule has 0 amide bonds.